The molecule has 1 atom stereocenters. The lowest BCUT2D eigenvalue weighted by Gasteiger charge is -2.07. The minimum absolute atomic E-state index is 0.0669. The Morgan fingerprint density at radius 3 is 3.20 bits per heavy atom. The van der Waals surface area contributed by atoms with Crippen molar-refractivity contribution in [3.8, 4) is 12.3 Å². The Kier molecular flexibility index (Phi) is 2.66. The largest absolute Gasteiger partial charge is 0.324 e. The van der Waals surface area contributed by atoms with Crippen molar-refractivity contribution >= 4 is 5.52 Å². The van der Waals surface area contributed by atoms with E-state index in [4.69, 9.17) is 12.2 Å². The highest BCUT2D eigenvalue weighted by Gasteiger charge is 2.11. The maximum Gasteiger partial charge on any atom is 0.0892 e. The molecule has 2 heterocycles. The van der Waals surface area contributed by atoms with Crippen LogP contribution in [0.1, 0.15) is 24.4 Å². The predicted molar refractivity (Wildman–Crippen MR) is 58.0 cm³/mol. The highest BCUT2D eigenvalue weighted by Crippen LogP contribution is 2.19. The molecule has 15 heavy (non-hydrogen) atoms. The number of aromatic nitrogens is 3. The fourth-order valence-corrected chi connectivity index (χ4v) is 1.53. The van der Waals surface area contributed by atoms with E-state index in [0.29, 0.717) is 6.42 Å². The maximum absolute atomic E-state index is 6.01. The van der Waals surface area contributed by atoms with Crippen LogP contribution in [0.25, 0.3) is 5.52 Å². The summed E-state index contributed by atoms with van der Waals surface area (Å²) in [6.45, 7) is 0. The molecule has 0 spiro atoms. The molecule has 0 saturated carbocycles. The van der Waals surface area contributed by atoms with Gasteiger partial charge in [-0.3, -0.25) is 4.98 Å². The minimum atomic E-state index is -0.0669. The van der Waals surface area contributed by atoms with Crippen LogP contribution in [-0.4, -0.2) is 14.6 Å². The lowest BCUT2D eigenvalue weighted by atomic mass is 10.1. The Morgan fingerprint density at radius 2 is 2.40 bits per heavy atom. The third-order valence-electron chi connectivity index (χ3n) is 2.35. The highest BCUT2D eigenvalue weighted by molar-refractivity contribution is 5.53. The van der Waals surface area contributed by atoms with Crippen molar-refractivity contribution in [1.29, 1.82) is 0 Å². The molecular formula is C11H12N4. The average Bonchev–Trinajstić information content (AvgIpc) is 2.69. The van der Waals surface area contributed by atoms with Crippen LogP contribution in [0.2, 0.25) is 0 Å². The smallest absolute Gasteiger partial charge is 0.0892 e. The van der Waals surface area contributed by atoms with E-state index < -0.39 is 0 Å². The number of terminal acetylenes is 1. The van der Waals surface area contributed by atoms with Gasteiger partial charge >= 0.3 is 0 Å². The van der Waals surface area contributed by atoms with Crippen molar-refractivity contribution in [1.82, 2.24) is 14.6 Å². The average molecular weight is 200 g/mol. The second-order valence-electron chi connectivity index (χ2n) is 3.36. The normalized spacial score (nSPS) is 12.5. The number of rotatable bonds is 3. The van der Waals surface area contributed by atoms with Crippen LogP contribution in [0.5, 0.6) is 0 Å². The van der Waals surface area contributed by atoms with Crippen molar-refractivity contribution in [2.45, 2.75) is 18.9 Å². The lowest BCUT2D eigenvalue weighted by molar-refractivity contribution is 0.672. The predicted octanol–water partition coefficient (Wildman–Crippen LogP) is 1.14. The van der Waals surface area contributed by atoms with Gasteiger partial charge in [-0.05, 0) is 6.42 Å². The van der Waals surface area contributed by atoms with Crippen LogP contribution in [0.4, 0.5) is 0 Å². The first kappa shape index (κ1) is 9.69. The highest BCUT2D eigenvalue weighted by atomic mass is 15.2. The molecule has 1 unspecified atom stereocenters. The van der Waals surface area contributed by atoms with Crippen molar-refractivity contribution in [2.75, 3.05) is 0 Å². The number of hydrogen-bond donors (Lipinski definition) is 1. The molecule has 0 fully saturated rings. The van der Waals surface area contributed by atoms with E-state index in [1.807, 2.05) is 0 Å². The first-order chi connectivity index (χ1) is 7.33. The van der Waals surface area contributed by atoms with Gasteiger partial charge in [0.2, 0.25) is 0 Å². The molecule has 0 saturated heterocycles. The SMILES string of the molecule is C#CCCC(N)c1cnn2ccncc12. The Balaban J connectivity index is 2.32. The van der Waals surface area contributed by atoms with Gasteiger partial charge in [0.05, 0.1) is 17.9 Å². The monoisotopic (exact) mass is 200 g/mol. The van der Waals surface area contributed by atoms with Crippen molar-refractivity contribution < 1.29 is 0 Å². The summed E-state index contributed by atoms with van der Waals surface area (Å²) >= 11 is 0. The van der Waals surface area contributed by atoms with Crippen LogP contribution in [-0.2, 0) is 0 Å². The van der Waals surface area contributed by atoms with Gasteiger partial charge in [0, 0.05) is 30.4 Å². The Labute approximate surface area is 88.1 Å². The molecular weight excluding hydrogens is 188 g/mol. The Bertz CT molecular complexity index is 495. The summed E-state index contributed by atoms with van der Waals surface area (Å²) in [5, 5.41) is 4.19. The van der Waals surface area contributed by atoms with E-state index in [-0.39, 0.29) is 6.04 Å². The van der Waals surface area contributed by atoms with Gasteiger partial charge in [0.25, 0.3) is 0 Å². The molecule has 0 aliphatic rings. The van der Waals surface area contributed by atoms with Gasteiger partial charge in [0.1, 0.15) is 0 Å². The maximum atomic E-state index is 6.01. The number of hydrogen-bond acceptors (Lipinski definition) is 3. The first-order valence-corrected chi connectivity index (χ1v) is 4.79. The summed E-state index contributed by atoms with van der Waals surface area (Å²) in [7, 11) is 0. The molecule has 2 rings (SSSR count). The molecule has 2 N–H and O–H groups in total. The Morgan fingerprint density at radius 1 is 1.53 bits per heavy atom. The summed E-state index contributed by atoms with van der Waals surface area (Å²) in [5.41, 5.74) is 7.96. The molecule has 76 valence electrons. The second kappa shape index (κ2) is 4.11. The van der Waals surface area contributed by atoms with Crippen LogP contribution in [0.3, 0.4) is 0 Å². The molecule has 0 radical (unpaired) electrons. The standard InChI is InChI=1S/C11H12N4/c1-2-3-4-10(12)9-7-14-15-6-5-13-8-11(9)15/h1,5-8,10H,3-4,12H2. The van der Waals surface area contributed by atoms with E-state index in [2.05, 4.69) is 16.0 Å². The zero-order valence-corrected chi connectivity index (χ0v) is 8.30. The molecule has 0 aliphatic heterocycles. The molecule has 4 heteroatoms. The zero-order valence-electron chi connectivity index (χ0n) is 8.30. The quantitative estimate of drug-likeness (QED) is 0.756. The number of nitrogens with zero attached hydrogens (tertiary/aromatic N) is 3. The molecule has 2 aromatic heterocycles. The molecule has 0 amide bonds. The number of nitrogens with two attached hydrogens (primary N) is 1. The van der Waals surface area contributed by atoms with Crippen LogP contribution in [0.15, 0.2) is 24.8 Å². The second-order valence-corrected chi connectivity index (χ2v) is 3.36. The van der Waals surface area contributed by atoms with E-state index in [1.165, 1.54) is 0 Å². The van der Waals surface area contributed by atoms with Crippen molar-refractivity contribution in [3.05, 3.63) is 30.4 Å². The van der Waals surface area contributed by atoms with Gasteiger partial charge in [-0.15, -0.1) is 12.3 Å². The van der Waals surface area contributed by atoms with Gasteiger partial charge in [-0.2, -0.15) is 5.10 Å². The molecule has 0 bridgehead atoms. The minimum Gasteiger partial charge on any atom is -0.324 e. The van der Waals surface area contributed by atoms with Gasteiger partial charge in [-0.25, -0.2) is 4.52 Å². The molecule has 0 aromatic carbocycles. The third kappa shape index (κ3) is 1.83. The zero-order chi connectivity index (χ0) is 10.7. The summed E-state index contributed by atoms with van der Waals surface area (Å²) in [6, 6.07) is -0.0669. The van der Waals surface area contributed by atoms with E-state index in [1.54, 1.807) is 29.3 Å². The lowest BCUT2D eigenvalue weighted by Crippen LogP contribution is -2.09. The van der Waals surface area contributed by atoms with Crippen LogP contribution in [0, 0.1) is 12.3 Å². The fraction of sp³-hybridized carbons (Fsp3) is 0.273. The van der Waals surface area contributed by atoms with E-state index >= 15 is 0 Å². The summed E-state index contributed by atoms with van der Waals surface area (Å²) in [4.78, 5) is 4.05. The third-order valence-corrected chi connectivity index (χ3v) is 2.35. The summed E-state index contributed by atoms with van der Waals surface area (Å²) < 4.78 is 1.76. The Hall–Kier alpha value is -1.86. The summed E-state index contributed by atoms with van der Waals surface area (Å²) in [6.07, 6.45) is 13.7. The molecule has 4 nitrogen and oxygen atoms in total. The molecule has 0 aliphatic carbocycles. The van der Waals surface area contributed by atoms with Gasteiger partial charge in [-0.1, -0.05) is 0 Å². The van der Waals surface area contributed by atoms with Gasteiger partial charge < -0.3 is 5.73 Å². The van der Waals surface area contributed by atoms with Gasteiger partial charge in [0.15, 0.2) is 0 Å². The topological polar surface area (TPSA) is 56.2 Å². The van der Waals surface area contributed by atoms with Crippen LogP contribution < -0.4 is 5.73 Å². The fourth-order valence-electron chi connectivity index (χ4n) is 1.53. The van der Waals surface area contributed by atoms with Crippen molar-refractivity contribution in [3.63, 3.8) is 0 Å². The van der Waals surface area contributed by atoms with E-state index in [0.717, 1.165) is 17.5 Å². The number of fused-ring (bicyclic) bond motifs is 1. The van der Waals surface area contributed by atoms with E-state index in [9.17, 15) is 0 Å². The van der Waals surface area contributed by atoms with Crippen molar-refractivity contribution in [2.24, 2.45) is 5.73 Å². The summed E-state index contributed by atoms with van der Waals surface area (Å²) in [5.74, 6) is 2.59. The van der Waals surface area contributed by atoms with Crippen LogP contribution >= 0.6 is 0 Å². The first-order valence-electron chi connectivity index (χ1n) is 4.79. The molecule has 2 aromatic rings.